The number of carbonyl (C=O) groups is 1. The molecular weight excluding hydrogens is 258 g/mol. The van der Waals surface area contributed by atoms with Crippen LogP contribution in [0.25, 0.3) is 0 Å². The van der Waals surface area contributed by atoms with Crippen molar-refractivity contribution in [1.29, 1.82) is 0 Å². The van der Waals surface area contributed by atoms with Gasteiger partial charge in [-0.25, -0.2) is 8.42 Å². The van der Waals surface area contributed by atoms with Gasteiger partial charge in [0.15, 0.2) is 9.84 Å². The molecule has 1 N–H and O–H groups in total. The predicted octanol–water partition coefficient (Wildman–Crippen LogP) is -0.267. The monoisotopic (exact) mass is 279 g/mol. The molecule has 0 bridgehead atoms. The zero-order valence-corrected chi connectivity index (χ0v) is 11.7. The molecule has 0 radical (unpaired) electrons. The number of methoxy groups -OCH3 is 1. The highest BCUT2D eigenvalue weighted by molar-refractivity contribution is 7.91. The van der Waals surface area contributed by atoms with Crippen LogP contribution in [0.4, 0.5) is 0 Å². The highest BCUT2D eigenvalue weighted by atomic mass is 32.2. The summed E-state index contributed by atoms with van der Waals surface area (Å²) in [6.45, 7) is 2.79. The van der Waals surface area contributed by atoms with Crippen LogP contribution in [-0.2, 0) is 24.1 Å². The van der Waals surface area contributed by atoms with Crippen LogP contribution in [0.3, 0.4) is 0 Å². The molecule has 106 valence electrons. The second-order valence-corrected chi connectivity index (χ2v) is 6.60. The van der Waals surface area contributed by atoms with Crippen molar-refractivity contribution < 1.29 is 22.7 Å². The zero-order valence-electron chi connectivity index (χ0n) is 10.9. The molecule has 1 saturated heterocycles. The largest absolute Gasteiger partial charge is 0.465 e. The number of rotatable bonds is 6. The fourth-order valence-electron chi connectivity index (χ4n) is 2.15. The third kappa shape index (κ3) is 3.93. The van der Waals surface area contributed by atoms with Gasteiger partial charge in [-0.15, -0.1) is 0 Å². The van der Waals surface area contributed by atoms with Gasteiger partial charge in [0.1, 0.15) is 5.54 Å². The van der Waals surface area contributed by atoms with Gasteiger partial charge in [-0.3, -0.25) is 10.1 Å². The first-order valence-corrected chi connectivity index (χ1v) is 7.89. The molecule has 0 aliphatic carbocycles. The van der Waals surface area contributed by atoms with Crippen LogP contribution in [-0.4, -0.2) is 58.3 Å². The highest BCUT2D eigenvalue weighted by Gasteiger charge is 2.45. The molecule has 6 nitrogen and oxygen atoms in total. The van der Waals surface area contributed by atoms with E-state index in [1.165, 1.54) is 0 Å². The van der Waals surface area contributed by atoms with Crippen molar-refractivity contribution >= 4 is 15.8 Å². The quantitative estimate of drug-likeness (QED) is 0.532. The Balaban J connectivity index is 2.82. The Kier molecular flexibility index (Phi) is 5.55. The standard InChI is InChI=1S/C11H21NO5S/c1-3-17-10(13)11(12-6-7-16-2)5-4-8-18(14,15)9-11/h12H,3-9H2,1-2H3. The van der Waals surface area contributed by atoms with E-state index >= 15 is 0 Å². The molecule has 0 aromatic carbocycles. The van der Waals surface area contributed by atoms with Crippen molar-refractivity contribution in [1.82, 2.24) is 5.32 Å². The highest BCUT2D eigenvalue weighted by Crippen LogP contribution is 2.24. The topological polar surface area (TPSA) is 81.7 Å². The van der Waals surface area contributed by atoms with E-state index in [2.05, 4.69) is 5.32 Å². The van der Waals surface area contributed by atoms with Crippen LogP contribution in [0.2, 0.25) is 0 Å². The number of ether oxygens (including phenoxy) is 2. The maximum absolute atomic E-state index is 12.0. The second kappa shape index (κ2) is 6.49. The molecule has 1 fully saturated rings. The van der Waals surface area contributed by atoms with Gasteiger partial charge in [0, 0.05) is 13.7 Å². The van der Waals surface area contributed by atoms with Crippen LogP contribution in [0.1, 0.15) is 19.8 Å². The van der Waals surface area contributed by atoms with E-state index in [0.29, 0.717) is 26.0 Å². The summed E-state index contributed by atoms with van der Waals surface area (Å²) in [5.41, 5.74) is -1.11. The predicted molar refractivity (Wildman–Crippen MR) is 67.1 cm³/mol. The maximum Gasteiger partial charge on any atom is 0.327 e. The summed E-state index contributed by atoms with van der Waals surface area (Å²) in [6, 6.07) is 0. The summed E-state index contributed by atoms with van der Waals surface area (Å²) in [7, 11) is -1.64. The average Bonchev–Trinajstić information content (AvgIpc) is 2.28. The Morgan fingerprint density at radius 2 is 2.17 bits per heavy atom. The zero-order chi connectivity index (χ0) is 13.6. The third-order valence-electron chi connectivity index (χ3n) is 2.96. The minimum Gasteiger partial charge on any atom is -0.465 e. The first-order valence-electron chi connectivity index (χ1n) is 6.07. The van der Waals surface area contributed by atoms with Crippen LogP contribution in [0.5, 0.6) is 0 Å². The van der Waals surface area contributed by atoms with Gasteiger partial charge in [0.25, 0.3) is 0 Å². The molecule has 1 aliphatic rings. The molecule has 7 heteroatoms. The van der Waals surface area contributed by atoms with Crippen molar-refractivity contribution in [2.24, 2.45) is 0 Å². The van der Waals surface area contributed by atoms with Crippen LogP contribution >= 0.6 is 0 Å². The molecular formula is C11H21NO5S. The molecule has 1 aliphatic heterocycles. The lowest BCUT2D eigenvalue weighted by atomic mass is 9.95. The first kappa shape index (κ1) is 15.4. The van der Waals surface area contributed by atoms with E-state index in [1.807, 2.05) is 0 Å². The van der Waals surface area contributed by atoms with E-state index < -0.39 is 21.3 Å². The molecule has 0 saturated carbocycles. The van der Waals surface area contributed by atoms with Crippen molar-refractivity contribution in [3.05, 3.63) is 0 Å². The van der Waals surface area contributed by atoms with E-state index in [-0.39, 0.29) is 18.1 Å². The summed E-state index contributed by atoms with van der Waals surface area (Å²) in [5, 5.41) is 3.00. The van der Waals surface area contributed by atoms with Crippen molar-refractivity contribution in [3.63, 3.8) is 0 Å². The number of nitrogens with one attached hydrogen (secondary N) is 1. The van der Waals surface area contributed by atoms with Gasteiger partial charge >= 0.3 is 5.97 Å². The summed E-state index contributed by atoms with van der Waals surface area (Å²) < 4.78 is 33.4. The lowest BCUT2D eigenvalue weighted by molar-refractivity contribution is -0.150. The Hall–Kier alpha value is -0.660. The molecule has 0 spiro atoms. The number of hydrogen-bond acceptors (Lipinski definition) is 6. The number of sulfone groups is 1. The minimum absolute atomic E-state index is 0.139. The van der Waals surface area contributed by atoms with Gasteiger partial charge in [0.2, 0.25) is 0 Å². The van der Waals surface area contributed by atoms with Gasteiger partial charge in [0.05, 0.1) is 24.7 Å². The SMILES string of the molecule is CCOC(=O)C1(NCCOC)CCCS(=O)(=O)C1. The molecule has 18 heavy (non-hydrogen) atoms. The average molecular weight is 279 g/mol. The van der Waals surface area contributed by atoms with E-state index in [4.69, 9.17) is 9.47 Å². The van der Waals surface area contributed by atoms with Gasteiger partial charge in [-0.2, -0.15) is 0 Å². The van der Waals surface area contributed by atoms with Gasteiger partial charge < -0.3 is 9.47 Å². The van der Waals surface area contributed by atoms with E-state index in [9.17, 15) is 13.2 Å². The second-order valence-electron chi connectivity index (χ2n) is 4.42. The lowest BCUT2D eigenvalue weighted by Gasteiger charge is -2.35. The third-order valence-corrected chi connectivity index (χ3v) is 4.80. The van der Waals surface area contributed by atoms with E-state index in [1.54, 1.807) is 14.0 Å². The number of carbonyl (C=O) groups excluding carboxylic acids is 1. The fourth-order valence-corrected chi connectivity index (χ4v) is 3.99. The van der Waals surface area contributed by atoms with Crippen molar-refractivity contribution in [2.75, 3.05) is 38.4 Å². The molecule has 0 aromatic rings. The van der Waals surface area contributed by atoms with Gasteiger partial charge in [-0.05, 0) is 19.8 Å². The molecule has 1 rings (SSSR count). The summed E-state index contributed by atoms with van der Waals surface area (Å²) in [5.74, 6) is -0.535. The van der Waals surface area contributed by atoms with Crippen molar-refractivity contribution in [2.45, 2.75) is 25.3 Å². The molecule has 0 amide bonds. The lowest BCUT2D eigenvalue weighted by Crippen LogP contribution is -2.60. The molecule has 1 atom stereocenters. The maximum atomic E-state index is 12.0. The number of hydrogen-bond donors (Lipinski definition) is 1. The smallest absolute Gasteiger partial charge is 0.327 e. The fraction of sp³-hybridized carbons (Fsp3) is 0.909. The summed E-state index contributed by atoms with van der Waals surface area (Å²) >= 11 is 0. The molecule has 0 aromatic heterocycles. The molecule has 1 heterocycles. The van der Waals surface area contributed by atoms with Gasteiger partial charge in [-0.1, -0.05) is 0 Å². The molecule has 1 unspecified atom stereocenters. The normalized spacial score (nSPS) is 26.8. The van der Waals surface area contributed by atoms with Crippen LogP contribution < -0.4 is 5.32 Å². The Morgan fingerprint density at radius 1 is 1.44 bits per heavy atom. The first-order chi connectivity index (χ1) is 8.46. The van der Waals surface area contributed by atoms with Crippen molar-refractivity contribution in [3.8, 4) is 0 Å². The Bertz CT molecular complexity index is 381. The van der Waals surface area contributed by atoms with Crippen LogP contribution in [0, 0.1) is 0 Å². The van der Waals surface area contributed by atoms with E-state index in [0.717, 1.165) is 0 Å². The number of esters is 1. The minimum atomic E-state index is -3.19. The Morgan fingerprint density at radius 3 is 2.72 bits per heavy atom. The van der Waals surface area contributed by atoms with Crippen LogP contribution in [0.15, 0.2) is 0 Å². The Labute approximate surface area is 108 Å². The summed E-state index contributed by atoms with van der Waals surface area (Å²) in [4.78, 5) is 12.0. The summed E-state index contributed by atoms with van der Waals surface area (Å²) in [6.07, 6.45) is 0.954.